The Morgan fingerprint density at radius 1 is 0.938 bits per heavy atom. The Morgan fingerprint density at radius 2 is 1.62 bits per heavy atom. The first-order valence-corrected chi connectivity index (χ1v) is 10.8. The van der Waals surface area contributed by atoms with E-state index in [1.54, 1.807) is 0 Å². The number of hydrogen-bond donors (Lipinski definition) is 2. The van der Waals surface area contributed by atoms with Gasteiger partial charge < -0.3 is 15.4 Å². The van der Waals surface area contributed by atoms with Crippen LogP contribution in [0.3, 0.4) is 0 Å². The van der Waals surface area contributed by atoms with Gasteiger partial charge in [0.25, 0.3) is 0 Å². The van der Waals surface area contributed by atoms with Crippen LogP contribution in [-0.4, -0.2) is 36.5 Å². The van der Waals surface area contributed by atoms with E-state index < -0.39 is 12.1 Å². The van der Waals surface area contributed by atoms with Crippen LogP contribution in [0.1, 0.15) is 18.4 Å². The fourth-order valence-electron chi connectivity index (χ4n) is 3.92. The van der Waals surface area contributed by atoms with E-state index >= 15 is 0 Å². The number of nitrogens with one attached hydrogen (secondary N) is 2. The first-order chi connectivity index (χ1) is 15.6. The van der Waals surface area contributed by atoms with Gasteiger partial charge in [0.15, 0.2) is 0 Å². The van der Waals surface area contributed by atoms with E-state index in [9.17, 15) is 9.59 Å². The molecule has 0 unspecified atom stereocenters. The average molecular weight is 430 g/mol. The van der Waals surface area contributed by atoms with Crippen molar-refractivity contribution in [3.8, 4) is 11.1 Å². The van der Waals surface area contributed by atoms with Crippen molar-refractivity contribution in [3.63, 3.8) is 0 Å². The van der Waals surface area contributed by atoms with E-state index in [2.05, 4.69) is 16.7 Å². The van der Waals surface area contributed by atoms with Crippen LogP contribution in [0.5, 0.6) is 0 Å². The summed E-state index contributed by atoms with van der Waals surface area (Å²) in [4.78, 5) is 27.1. The van der Waals surface area contributed by atoms with Gasteiger partial charge in [-0.3, -0.25) is 9.69 Å². The Bertz CT molecular complexity index is 1080. The van der Waals surface area contributed by atoms with Crippen LogP contribution >= 0.6 is 0 Å². The van der Waals surface area contributed by atoms with E-state index in [-0.39, 0.29) is 12.5 Å². The van der Waals surface area contributed by atoms with Crippen molar-refractivity contribution in [2.75, 3.05) is 24.2 Å². The molecule has 0 aromatic heterocycles. The highest BCUT2D eigenvalue weighted by Crippen LogP contribution is 2.26. The van der Waals surface area contributed by atoms with Crippen molar-refractivity contribution >= 4 is 23.4 Å². The Morgan fingerprint density at radius 3 is 2.34 bits per heavy atom. The quantitative estimate of drug-likeness (QED) is 0.570. The number of ether oxygens (including phenoxy) is 1. The maximum Gasteiger partial charge on any atom is 0.410 e. The minimum Gasteiger partial charge on any atom is -0.445 e. The number of carbonyl (C=O) groups excluding carboxylic acids is 2. The number of hydrogen-bond acceptors (Lipinski definition) is 4. The molecular formula is C26H27N3O3. The Hall–Kier alpha value is -3.80. The summed E-state index contributed by atoms with van der Waals surface area (Å²) in [5.41, 5.74) is 4.70. The van der Waals surface area contributed by atoms with Crippen LogP contribution < -0.4 is 10.6 Å². The predicted octanol–water partition coefficient (Wildman–Crippen LogP) is 5.14. The molecule has 32 heavy (non-hydrogen) atoms. The smallest absolute Gasteiger partial charge is 0.410 e. The van der Waals surface area contributed by atoms with E-state index in [0.717, 1.165) is 28.8 Å². The molecule has 1 aliphatic rings. The summed E-state index contributed by atoms with van der Waals surface area (Å²) in [6, 6.07) is 24.8. The van der Waals surface area contributed by atoms with Crippen LogP contribution in [-0.2, 0) is 16.1 Å². The lowest BCUT2D eigenvalue weighted by atomic mass is 10.0. The fourth-order valence-corrected chi connectivity index (χ4v) is 3.92. The lowest BCUT2D eigenvalue weighted by molar-refractivity contribution is -0.120. The number of nitrogens with zero attached hydrogens (tertiary/aromatic N) is 1. The third-order valence-electron chi connectivity index (χ3n) is 5.61. The topological polar surface area (TPSA) is 70.7 Å². The summed E-state index contributed by atoms with van der Waals surface area (Å²) in [6.07, 6.45) is 0.940. The number of rotatable bonds is 6. The molecular weight excluding hydrogens is 402 g/mol. The average Bonchev–Trinajstić information content (AvgIpc) is 3.34. The van der Waals surface area contributed by atoms with E-state index in [0.29, 0.717) is 18.7 Å². The highest BCUT2D eigenvalue weighted by Gasteiger charge is 2.35. The molecule has 2 N–H and O–H groups in total. The number of likely N-dealkylation sites (tertiary alicyclic amines) is 1. The third-order valence-corrected chi connectivity index (χ3v) is 5.61. The second-order valence-electron chi connectivity index (χ2n) is 7.79. The first-order valence-electron chi connectivity index (χ1n) is 10.8. The van der Waals surface area contributed by atoms with Crippen LogP contribution in [0.15, 0.2) is 78.9 Å². The summed E-state index contributed by atoms with van der Waals surface area (Å²) in [5.74, 6) is -0.194. The van der Waals surface area contributed by atoms with Crippen LogP contribution in [0.2, 0.25) is 0 Å². The molecule has 1 fully saturated rings. The molecule has 4 rings (SSSR count). The fraction of sp³-hybridized carbons (Fsp3) is 0.231. The van der Waals surface area contributed by atoms with Gasteiger partial charge in [-0.05, 0) is 53.8 Å². The third kappa shape index (κ3) is 5.09. The Balaban J connectivity index is 1.41. The minimum absolute atomic E-state index is 0.193. The van der Waals surface area contributed by atoms with Crippen molar-refractivity contribution in [2.45, 2.75) is 25.5 Å². The van der Waals surface area contributed by atoms with Gasteiger partial charge in [0, 0.05) is 25.0 Å². The molecule has 0 radical (unpaired) electrons. The zero-order valence-electron chi connectivity index (χ0n) is 18.1. The maximum atomic E-state index is 13.0. The molecule has 1 aliphatic heterocycles. The van der Waals surface area contributed by atoms with Gasteiger partial charge in [0.2, 0.25) is 5.91 Å². The summed E-state index contributed by atoms with van der Waals surface area (Å²) >= 11 is 0. The van der Waals surface area contributed by atoms with Gasteiger partial charge in [-0.15, -0.1) is 0 Å². The number of amides is 2. The molecule has 0 saturated carbocycles. The lowest BCUT2D eigenvalue weighted by Gasteiger charge is -2.23. The summed E-state index contributed by atoms with van der Waals surface area (Å²) in [7, 11) is 1.88. The van der Waals surface area contributed by atoms with Gasteiger partial charge in [-0.2, -0.15) is 0 Å². The summed E-state index contributed by atoms with van der Waals surface area (Å²) < 4.78 is 5.44. The van der Waals surface area contributed by atoms with Crippen molar-refractivity contribution < 1.29 is 14.3 Å². The van der Waals surface area contributed by atoms with Crippen molar-refractivity contribution in [1.29, 1.82) is 0 Å². The van der Waals surface area contributed by atoms with Gasteiger partial charge in [-0.1, -0.05) is 54.6 Å². The van der Waals surface area contributed by atoms with Gasteiger partial charge in [-0.25, -0.2) is 4.79 Å². The second kappa shape index (κ2) is 10.0. The molecule has 3 aromatic carbocycles. The van der Waals surface area contributed by atoms with Gasteiger partial charge in [0.05, 0.1) is 0 Å². The lowest BCUT2D eigenvalue weighted by Crippen LogP contribution is -2.43. The van der Waals surface area contributed by atoms with Crippen LogP contribution in [0.25, 0.3) is 11.1 Å². The molecule has 1 heterocycles. The predicted molar refractivity (Wildman–Crippen MR) is 126 cm³/mol. The number of benzene rings is 3. The summed E-state index contributed by atoms with van der Waals surface area (Å²) in [5, 5.41) is 6.12. The Labute approximate surface area is 188 Å². The zero-order chi connectivity index (χ0) is 22.3. The number of carbonyl (C=O) groups is 2. The molecule has 3 aromatic rings. The molecule has 0 aliphatic carbocycles. The largest absolute Gasteiger partial charge is 0.445 e. The van der Waals surface area contributed by atoms with Crippen LogP contribution in [0.4, 0.5) is 16.2 Å². The molecule has 164 valence electrons. The molecule has 0 bridgehead atoms. The van der Waals surface area contributed by atoms with Crippen LogP contribution in [0, 0.1) is 0 Å². The Kier molecular flexibility index (Phi) is 6.70. The minimum atomic E-state index is -0.533. The van der Waals surface area contributed by atoms with E-state index in [1.807, 2.05) is 79.8 Å². The standard InChI is InChI=1S/C26H27N3O3/c1-27-22-12-5-10-20(16-22)21-11-6-13-23(17-21)28-25(30)24-14-7-15-29(24)26(31)32-18-19-8-3-2-4-9-19/h2-6,8-13,16-17,24,27H,7,14-15,18H2,1H3,(H,28,30)/t24-/m0/s1. The SMILES string of the molecule is CNc1cccc(-c2cccc(NC(=O)[C@@H]3CCCN3C(=O)OCc3ccccc3)c2)c1. The van der Waals surface area contributed by atoms with Gasteiger partial charge in [0.1, 0.15) is 12.6 Å². The van der Waals surface area contributed by atoms with E-state index in [1.165, 1.54) is 4.90 Å². The zero-order valence-corrected chi connectivity index (χ0v) is 18.1. The highest BCUT2D eigenvalue weighted by molar-refractivity contribution is 5.97. The molecule has 6 nitrogen and oxygen atoms in total. The second-order valence-corrected chi connectivity index (χ2v) is 7.79. The van der Waals surface area contributed by atoms with Crippen molar-refractivity contribution in [1.82, 2.24) is 4.90 Å². The number of anilines is 2. The molecule has 2 amide bonds. The molecule has 0 spiro atoms. The molecule has 1 saturated heterocycles. The van der Waals surface area contributed by atoms with Gasteiger partial charge >= 0.3 is 6.09 Å². The van der Waals surface area contributed by atoms with Crippen molar-refractivity contribution in [2.24, 2.45) is 0 Å². The molecule has 6 heteroatoms. The normalized spacial score (nSPS) is 15.3. The van der Waals surface area contributed by atoms with E-state index in [4.69, 9.17) is 4.74 Å². The summed E-state index contributed by atoms with van der Waals surface area (Å²) in [6.45, 7) is 0.709. The maximum absolute atomic E-state index is 13.0. The highest BCUT2D eigenvalue weighted by atomic mass is 16.6. The monoisotopic (exact) mass is 429 g/mol. The van der Waals surface area contributed by atoms with Crippen molar-refractivity contribution in [3.05, 3.63) is 84.4 Å². The molecule has 1 atom stereocenters. The first kappa shape index (κ1) is 21.4.